The molecule has 10 heteroatoms. The van der Waals surface area contributed by atoms with E-state index in [1.807, 2.05) is 76.5 Å². The van der Waals surface area contributed by atoms with E-state index in [0.717, 1.165) is 38.3 Å². The summed E-state index contributed by atoms with van der Waals surface area (Å²) in [5.74, 6) is -0.609. The third-order valence-electron chi connectivity index (χ3n) is 7.43. The lowest BCUT2D eigenvalue weighted by atomic mass is 9.85. The molecule has 0 spiro atoms. The van der Waals surface area contributed by atoms with E-state index in [4.69, 9.17) is 0 Å². The molecule has 2 aromatic heterocycles. The van der Waals surface area contributed by atoms with Gasteiger partial charge in [0.15, 0.2) is 0 Å². The summed E-state index contributed by atoms with van der Waals surface area (Å²) in [6.07, 6.45) is 3.72. The lowest BCUT2D eigenvalue weighted by Gasteiger charge is -2.35. The van der Waals surface area contributed by atoms with Gasteiger partial charge in [0.25, 0.3) is 0 Å². The number of pyridine rings is 1. The van der Waals surface area contributed by atoms with Gasteiger partial charge in [-0.15, -0.1) is 11.3 Å². The molecule has 3 amide bonds. The first-order chi connectivity index (χ1) is 19.4. The Morgan fingerprint density at radius 2 is 1.83 bits per heavy atom. The minimum atomic E-state index is -0.749. The predicted molar refractivity (Wildman–Crippen MR) is 165 cm³/mol. The van der Waals surface area contributed by atoms with Crippen LogP contribution in [-0.4, -0.2) is 51.2 Å². The molecule has 41 heavy (non-hydrogen) atoms. The average Bonchev–Trinajstić information content (AvgIpc) is 3.60. The summed E-state index contributed by atoms with van der Waals surface area (Å²) in [5, 5.41) is 6.07. The normalized spacial score (nSPS) is 16.7. The van der Waals surface area contributed by atoms with Crippen molar-refractivity contribution < 1.29 is 14.4 Å². The molecular formula is C31H38BrN5O3S. The highest BCUT2D eigenvalue weighted by Crippen LogP contribution is 2.29. The number of aromatic nitrogens is 2. The zero-order chi connectivity index (χ0) is 29.7. The van der Waals surface area contributed by atoms with Crippen LogP contribution in [0.2, 0.25) is 0 Å². The van der Waals surface area contributed by atoms with Crippen molar-refractivity contribution in [1.29, 1.82) is 0 Å². The van der Waals surface area contributed by atoms with E-state index >= 15 is 0 Å². The minimum absolute atomic E-state index is 0.175. The summed E-state index contributed by atoms with van der Waals surface area (Å²) in [7, 11) is 0. The van der Waals surface area contributed by atoms with Crippen LogP contribution in [-0.2, 0) is 20.8 Å². The Labute approximate surface area is 254 Å². The fourth-order valence-corrected chi connectivity index (χ4v) is 6.09. The summed E-state index contributed by atoms with van der Waals surface area (Å²) < 4.78 is 0.877. The van der Waals surface area contributed by atoms with Gasteiger partial charge in [-0.1, -0.05) is 45.0 Å². The summed E-state index contributed by atoms with van der Waals surface area (Å²) in [4.78, 5) is 51.5. The van der Waals surface area contributed by atoms with E-state index in [0.29, 0.717) is 19.4 Å². The van der Waals surface area contributed by atoms with Crippen molar-refractivity contribution in [2.75, 3.05) is 6.54 Å². The summed E-state index contributed by atoms with van der Waals surface area (Å²) in [5.41, 5.74) is 5.20. The summed E-state index contributed by atoms with van der Waals surface area (Å²) in [6.45, 7) is 10.2. The number of likely N-dealkylation sites (tertiary alicyclic amines) is 1. The molecule has 2 N–H and O–H groups in total. The lowest BCUT2D eigenvalue weighted by molar-refractivity contribution is -0.144. The molecule has 1 aliphatic rings. The van der Waals surface area contributed by atoms with Crippen LogP contribution in [0.3, 0.4) is 0 Å². The van der Waals surface area contributed by atoms with Crippen LogP contribution in [0.15, 0.2) is 52.6 Å². The van der Waals surface area contributed by atoms with E-state index < -0.39 is 17.5 Å². The highest BCUT2D eigenvalue weighted by atomic mass is 79.9. The molecule has 1 unspecified atom stereocenters. The zero-order valence-electron chi connectivity index (χ0n) is 24.2. The number of amides is 3. The van der Waals surface area contributed by atoms with E-state index in [9.17, 15) is 14.4 Å². The second-order valence-electron chi connectivity index (χ2n) is 11.6. The number of nitrogens with one attached hydrogen (secondary N) is 2. The second-order valence-corrected chi connectivity index (χ2v) is 13.4. The molecule has 3 aromatic rings. The SMILES string of the molecule is Cc1ncsc1-c1ccc([C@H](C)NC(=O)[C@@H]2CCCN2C(=O)C(NC(=O)CCc2ccc(Br)cn2)C(C)(C)C)cc1. The van der Waals surface area contributed by atoms with Crippen molar-refractivity contribution in [2.45, 2.75) is 78.4 Å². The van der Waals surface area contributed by atoms with Gasteiger partial charge in [0.1, 0.15) is 12.1 Å². The largest absolute Gasteiger partial charge is 0.348 e. The van der Waals surface area contributed by atoms with Gasteiger partial charge in [0, 0.05) is 29.3 Å². The maximum absolute atomic E-state index is 13.8. The number of nitrogens with zero attached hydrogens (tertiary/aromatic N) is 3. The van der Waals surface area contributed by atoms with Crippen LogP contribution < -0.4 is 10.6 Å². The van der Waals surface area contributed by atoms with Gasteiger partial charge < -0.3 is 15.5 Å². The molecule has 3 atom stereocenters. The van der Waals surface area contributed by atoms with Crippen molar-refractivity contribution in [2.24, 2.45) is 5.41 Å². The van der Waals surface area contributed by atoms with E-state index in [1.165, 1.54) is 0 Å². The maximum Gasteiger partial charge on any atom is 0.246 e. The van der Waals surface area contributed by atoms with Crippen LogP contribution in [0.25, 0.3) is 10.4 Å². The quantitative estimate of drug-likeness (QED) is 0.317. The molecule has 3 heterocycles. The highest BCUT2D eigenvalue weighted by molar-refractivity contribution is 9.10. The third kappa shape index (κ3) is 7.80. The Balaban J connectivity index is 1.38. The van der Waals surface area contributed by atoms with E-state index in [1.54, 1.807) is 22.4 Å². The second kappa shape index (κ2) is 13.2. The molecule has 1 fully saturated rings. The van der Waals surface area contributed by atoms with Gasteiger partial charge in [-0.3, -0.25) is 19.4 Å². The van der Waals surface area contributed by atoms with Gasteiger partial charge >= 0.3 is 0 Å². The van der Waals surface area contributed by atoms with Gasteiger partial charge in [-0.05, 0) is 77.7 Å². The molecule has 0 saturated carbocycles. The highest BCUT2D eigenvalue weighted by Gasteiger charge is 2.42. The van der Waals surface area contributed by atoms with Crippen LogP contribution in [0.1, 0.15) is 70.0 Å². The molecule has 0 bridgehead atoms. The monoisotopic (exact) mass is 639 g/mol. The number of aryl methyl sites for hydroxylation is 2. The predicted octanol–water partition coefficient (Wildman–Crippen LogP) is 5.61. The van der Waals surface area contributed by atoms with Crippen molar-refractivity contribution in [1.82, 2.24) is 25.5 Å². The number of benzene rings is 1. The smallest absolute Gasteiger partial charge is 0.246 e. The number of hydrogen-bond acceptors (Lipinski definition) is 6. The molecule has 0 radical (unpaired) electrons. The molecule has 1 saturated heterocycles. The number of rotatable bonds is 9. The first-order valence-corrected chi connectivity index (χ1v) is 15.6. The van der Waals surface area contributed by atoms with Crippen molar-refractivity contribution in [3.05, 3.63) is 69.5 Å². The summed E-state index contributed by atoms with van der Waals surface area (Å²) >= 11 is 4.97. The molecule has 1 aromatic carbocycles. The first-order valence-electron chi connectivity index (χ1n) is 13.9. The number of thiazole rings is 1. The Morgan fingerprint density at radius 1 is 1.10 bits per heavy atom. The average molecular weight is 641 g/mol. The van der Waals surface area contributed by atoms with E-state index in [-0.39, 0.29) is 30.2 Å². The topological polar surface area (TPSA) is 104 Å². The number of carbonyl (C=O) groups excluding carboxylic acids is 3. The standard InChI is InChI=1S/C31H38BrN5O3S/c1-19(21-8-10-22(11-9-21)27-20(2)34-18-41-27)35-29(39)25-7-6-16-37(25)30(40)28(31(3,4)5)36-26(38)15-14-24-13-12-23(32)17-33-24/h8-13,17-19,25,28H,6-7,14-16H2,1-5H3,(H,35,39)(H,36,38)/t19-,25-,28?/m0/s1. The number of hydrogen-bond donors (Lipinski definition) is 2. The molecule has 8 nitrogen and oxygen atoms in total. The Hall–Kier alpha value is -3.11. The van der Waals surface area contributed by atoms with Gasteiger partial charge in [-0.25, -0.2) is 4.98 Å². The Morgan fingerprint density at radius 3 is 2.44 bits per heavy atom. The van der Waals surface area contributed by atoms with Crippen molar-refractivity contribution in [3.63, 3.8) is 0 Å². The molecule has 0 aliphatic carbocycles. The summed E-state index contributed by atoms with van der Waals surface area (Å²) in [6, 6.07) is 10.4. The third-order valence-corrected chi connectivity index (χ3v) is 8.88. The van der Waals surface area contributed by atoms with E-state index in [2.05, 4.69) is 36.5 Å². The van der Waals surface area contributed by atoms with Crippen molar-refractivity contribution in [3.8, 4) is 10.4 Å². The van der Waals surface area contributed by atoms with Crippen LogP contribution in [0.5, 0.6) is 0 Å². The van der Waals surface area contributed by atoms with Crippen LogP contribution in [0.4, 0.5) is 0 Å². The van der Waals surface area contributed by atoms with Crippen molar-refractivity contribution >= 4 is 45.0 Å². The van der Waals surface area contributed by atoms with Gasteiger partial charge in [0.05, 0.1) is 22.1 Å². The Bertz CT molecular complexity index is 1370. The van der Waals surface area contributed by atoms with Gasteiger partial charge in [-0.2, -0.15) is 0 Å². The molecule has 218 valence electrons. The lowest BCUT2D eigenvalue weighted by Crippen LogP contribution is -2.57. The number of carbonyl (C=O) groups is 3. The first kappa shape index (κ1) is 30.8. The number of halogens is 1. The molecule has 4 rings (SSSR count). The molecular weight excluding hydrogens is 602 g/mol. The maximum atomic E-state index is 13.8. The minimum Gasteiger partial charge on any atom is -0.348 e. The Kier molecular flexibility index (Phi) is 9.96. The van der Waals surface area contributed by atoms with Crippen LogP contribution >= 0.6 is 27.3 Å². The zero-order valence-corrected chi connectivity index (χ0v) is 26.6. The molecule has 1 aliphatic heterocycles. The van der Waals surface area contributed by atoms with Gasteiger partial charge in [0.2, 0.25) is 17.7 Å². The fourth-order valence-electron chi connectivity index (χ4n) is 5.04. The van der Waals surface area contributed by atoms with Crippen LogP contribution in [0, 0.1) is 12.3 Å². The fraction of sp³-hybridized carbons (Fsp3) is 0.452.